The van der Waals surface area contributed by atoms with Gasteiger partial charge in [-0.2, -0.15) is 4.98 Å². The quantitative estimate of drug-likeness (QED) is 0.476. The number of primary amides is 1. The Labute approximate surface area is 85.4 Å². The molecule has 0 saturated heterocycles. The number of nitrogen functional groups attached to an aromatic ring is 1. The Balaban J connectivity index is 2.76. The van der Waals surface area contributed by atoms with Crippen molar-refractivity contribution < 1.29 is 9.59 Å². The maximum atomic E-state index is 11.5. The molecular weight excluding hydrogens is 200 g/mol. The minimum Gasteiger partial charge on any atom is -0.368 e. The van der Waals surface area contributed by atoms with Gasteiger partial charge in [-0.15, -0.1) is 5.10 Å². The summed E-state index contributed by atoms with van der Waals surface area (Å²) in [6.45, 7) is 2.96. The van der Waals surface area contributed by atoms with E-state index in [1.165, 1.54) is 13.8 Å². The number of carbonyl (C=O) groups is 2. The van der Waals surface area contributed by atoms with Crippen LogP contribution in [-0.4, -0.2) is 32.5 Å². The Morgan fingerprint density at radius 2 is 2.07 bits per heavy atom. The van der Waals surface area contributed by atoms with Crippen LogP contribution < -0.4 is 16.8 Å². The van der Waals surface area contributed by atoms with Gasteiger partial charge in [0, 0.05) is 0 Å². The van der Waals surface area contributed by atoms with Gasteiger partial charge in [-0.3, -0.25) is 14.7 Å². The number of amides is 2. The number of nitrogens with zero attached hydrogens (tertiary/aromatic N) is 2. The highest BCUT2D eigenvalue weighted by Crippen LogP contribution is 2.02. The van der Waals surface area contributed by atoms with Crippen LogP contribution in [-0.2, 0) is 4.79 Å². The lowest BCUT2D eigenvalue weighted by Gasteiger charge is -2.21. The van der Waals surface area contributed by atoms with Crippen molar-refractivity contribution in [3.05, 3.63) is 5.82 Å². The van der Waals surface area contributed by atoms with Crippen LogP contribution in [0.15, 0.2) is 0 Å². The number of H-pyrrole nitrogens is 1. The monoisotopic (exact) mass is 212 g/mol. The van der Waals surface area contributed by atoms with Crippen molar-refractivity contribution in [3.8, 4) is 0 Å². The molecule has 1 rings (SSSR count). The van der Waals surface area contributed by atoms with Gasteiger partial charge in [-0.1, -0.05) is 0 Å². The molecule has 0 aromatic carbocycles. The van der Waals surface area contributed by atoms with E-state index in [0.717, 1.165) is 0 Å². The Morgan fingerprint density at radius 1 is 1.47 bits per heavy atom. The van der Waals surface area contributed by atoms with Gasteiger partial charge in [-0.05, 0) is 13.8 Å². The van der Waals surface area contributed by atoms with Crippen LogP contribution in [0.5, 0.6) is 0 Å². The standard InChI is InChI=1S/C7H12N6O2/c1-7(2,5(8)15)11-4(14)3-10-6(9)13-12-3/h1-2H3,(H2,8,15)(H,11,14)(H3,9,10,12,13). The first kappa shape index (κ1) is 11.0. The first-order valence-electron chi connectivity index (χ1n) is 4.13. The van der Waals surface area contributed by atoms with E-state index < -0.39 is 17.4 Å². The molecule has 15 heavy (non-hydrogen) atoms. The van der Waals surface area contributed by atoms with Crippen molar-refractivity contribution in [1.82, 2.24) is 20.5 Å². The van der Waals surface area contributed by atoms with Gasteiger partial charge in [-0.25, -0.2) is 0 Å². The summed E-state index contributed by atoms with van der Waals surface area (Å²) in [5.41, 5.74) is 9.14. The van der Waals surface area contributed by atoms with Crippen molar-refractivity contribution in [2.45, 2.75) is 19.4 Å². The van der Waals surface area contributed by atoms with E-state index in [0.29, 0.717) is 0 Å². The molecule has 6 N–H and O–H groups in total. The molecule has 0 radical (unpaired) electrons. The average Bonchev–Trinajstić information content (AvgIpc) is 2.50. The topological polar surface area (TPSA) is 140 Å². The minimum absolute atomic E-state index is 0.0444. The van der Waals surface area contributed by atoms with Gasteiger partial charge in [0.1, 0.15) is 5.54 Å². The van der Waals surface area contributed by atoms with Gasteiger partial charge >= 0.3 is 0 Å². The van der Waals surface area contributed by atoms with Crippen molar-refractivity contribution in [3.63, 3.8) is 0 Å². The molecule has 0 saturated carbocycles. The van der Waals surface area contributed by atoms with Crippen molar-refractivity contribution in [1.29, 1.82) is 0 Å². The zero-order valence-electron chi connectivity index (χ0n) is 8.37. The third-order valence-corrected chi connectivity index (χ3v) is 1.76. The molecule has 0 spiro atoms. The SMILES string of the molecule is CC(C)(NC(=O)c1nc(N)n[nH]1)C(N)=O. The van der Waals surface area contributed by atoms with Crippen LogP contribution in [0.3, 0.4) is 0 Å². The highest BCUT2D eigenvalue weighted by Gasteiger charge is 2.28. The predicted octanol–water partition coefficient (Wildman–Crippen LogP) is -1.62. The van der Waals surface area contributed by atoms with Gasteiger partial charge < -0.3 is 16.8 Å². The second kappa shape index (κ2) is 3.56. The highest BCUT2D eigenvalue weighted by atomic mass is 16.2. The summed E-state index contributed by atoms with van der Waals surface area (Å²) in [6.07, 6.45) is 0. The number of nitrogens with one attached hydrogen (secondary N) is 2. The molecule has 0 bridgehead atoms. The fourth-order valence-electron chi connectivity index (χ4n) is 0.781. The first-order chi connectivity index (χ1) is 6.83. The molecule has 8 nitrogen and oxygen atoms in total. The van der Waals surface area contributed by atoms with Gasteiger partial charge in [0.25, 0.3) is 5.91 Å². The number of aromatic amines is 1. The third-order valence-electron chi connectivity index (χ3n) is 1.76. The van der Waals surface area contributed by atoms with E-state index >= 15 is 0 Å². The lowest BCUT2D eigenvalue weighted by molar-refractivity contribution is -0.122. The number of hydrogen-bond acceptors (Lipinski definition) is 5. The summed E-state index contributed by atoms with van der Waals surface area (Å²) >= 11 is 0. The normalized spacial score (nSPS) is 11.1. The summed E-state index contributed by atoms with van der Waals surface area (Å²) in [5.74, 6) is -1.36. The molecule has 0 aliphatic heterocycles. The van der Waals surface area contributed by atoms with Crippen molar-refractivity contribution in [2.75, 3.05) is 5.73 Å². The second-order valence-corrected chi connectivity index (χ2v) is 3.49. The van der Waals surface area contributed by atoms with Crippen molar-refractivity contribution in [2.24, 2.45) is 5.73 Å². The molecule has 1 aromatic rings. The Hall–Kier alpha value is -2.12. The van der Waals surface area contributed by atoms with Gasteiger partial charge in [0.05, 0.1) is 0 Å². The van der Waals surface area contributed by atoms with E-state index in [2.05, 4.69) is 20.5 Å². The minimum atomic E-state index is -1.15. The molecule has 1 aromatic heterocycles. The lowest BCUT2D eigenvalue weighted by atomic mass is 10.1. The molecule has 0 fully saturated rings. The fraction of sp³-hybridized carbons (Fsp3) is 0.429. The molecule has 0 aliphatic carbocycles. The molecule has 82 valence electrons. The Bertz CT molecular complexity index is 396. The predicted molar refractivity (Wildman–Crippen MR) is 51.5 cm³/mol. The smallest absolute Gasteiger partial charge is 0.289 e. The van der Waals surface area contributed by atoms with Crippen LogP contribution >= 0.6 is 0 Å². The van der Waals surface area contributed by atoms with Crippen LogP contribution in [0.1, 0.15) is 24.5 Å². The molecule has 2 amide bonds. The van der Waals surface area contributed by atoms with Gasteiger partial charge in [0.15, 0.2) is 0 Å². The van der Waals surface area contributed by atoms with E-state index in [-0.39, 0.29) is 11.8 Å². The number of anilines is 1. The number of hydrogen-bond donors (Lipinski definition) is 4. The average molecular weight is 212 g/mol. The Morgan fingerprint density at radius 3 is 2.47 bits per heavy atom. The molecule has 0 unspecified atom stereocenters. The maximum Gasteiger partial charge on any atom is 0.289 e. The highest BCUT2D eigenvalue weighted by molar-refractivity contribution is 5.96. The first-order valence-corrected chi connectivity index (χ1v) is 4.13. The zero-order chi connectivity index (χ0) is 11.6. The number of carbonyl (C=O) groups excluding carboxylic acids is 2. The maximum absolute atomic E-state index is 11.5. The van der Waals surface area contributed by atoms with E-state index in [4.69, 9.17) is 11.5 Å². The van der Waals surface area contributed by atoms with E-state index in [1.807, 2.05) is 0 Å². The number of nitrogens with two attached hydrogens (primary N) is 2. The summed E-state index contributed by atoms with van der Waals surface area (Å²) in [6, 6.07) is 0. The van der Waals surface area contributed by atoms with Crippen LogP contribution in [0.25, 0.3) is 0 Å². The largest absolute Gasteiger partial charge is 0.368 e. The lowest BCUT2D eigenvalue weighted by Crippen LogP contribution is -2.53. The summed E-state index contributed by atoms with van der Waals surface area (Å²) in [5, 5.41) is 8.18. The third kappa shape index (κ3) is 2.42. The van der Waals surface area contributed by atoms with E-state index in [1.54, 1.807) is 0 Å². The molecule has 8 heteroatoms. The Kier molecular flexibility index (Phi) is 2.60. The van der Waals surface area contributed by atoms with Gasteiger partial charge in [0.2, 0.25) is 17.7 Å². The number of rotatable bonds is 3. The molecule has 0 aliphatic rings. The van der Waals surface area contributed by atoms with Crippen molar-refractivity contribution >= 4 is 17.8 Å². The number of aromatic nitrogens is 3. The van der Waals surface area contributed by atoms with Crippen LogP contribution in [0.4, 0.5) is 5.95 Å². The van der Waals surface area contributed by atoms with Crippen LogP contribution in [0.2, 0.25) is 0 Å². The fourth-order valence-corrected chi connectivity index (χ4v) is 0.781. The molecular formula is C7H12N6O2. The zero-order valence-corrected chi connectivity index (χ0v) is 8.37. The molecule has 0 atom stereocenters. The van der Waals surface area contributed by atoms with E-state index in [9.17, 15) is 9.59 Å². The molecule has 1 heterocycles. The van der Waals surface area contributed by atoms with Crippen LogP contribution in [0, 0.1) is 0 Å². The second-order valence-electron chi connectivity index (χ2n) is 3.49. The summed E-state index contributed by atoms with van der Waals surface area (Å²) in [4.78, 5) is 26.0. The summed E-state index contributed by atoms with van der Waals surface area (Å²) in [7, 11) is 0. The summed E-state index contributed by atoms with van der Waals surface area (Å²) < 4.78 is 0.